The van der Waals surface area contributed by atoms with E-state index >= 15 is 0 Å². The van der Waals surface area contributed by atoms with Crippen molar-refractivity contribution in [3.05, 3.63) is 47.7 Å². The van der Waals surface area contributed by atoms with Gasteiger partial charge in [0.05, 0.1) is 17.6 Å². The number of nitrogens with zero attached hydrogens (tertiary/aromatic N) is 1. The molecule has 0 saturated heterocycles. The minimum atomic E-state index is -3.31. The number of nitrogens with one attached hydrogen (secondary N) is 2. The van der Waals surface area contributed by atoms with E-state index in [9.17, 15) is 8.42 Å². The maximum Gasteiger partial charge on any atom is 0.233 e. The van der Waals surface area contributed by atoms with Crippen LogP contribution in [-0.4, -0.2) is 19.2 Å². The second-order valence-electron chi connectivity index (χ2n) is 6.17. The minimum absolute atomic E-state index is 0.0929. The standard InChI is InChI=1S/C18H25N3O2S/c1-5-11-24(22,23)21-17-10-9-15(12-19-17)20-18-14(4)7-6-8-16(18)13(2)3/h6-10,12-13,20H,5,11H2,1-4H3,(H,19,21). The summed E-state index contributed by atoms with van der Waals surface area (Å²) in [7, 11) is -3.31. The number of hydrogen-bond acceptors (Lipinski definition) is 4. The van der Waals surface area contributed by atoms with Gasteiger partial charge in [0.15, 0.2) is 0 Å². The first-order valence-corrected chi connectivity index (χ1v) is 9.80. The van der Waals surface area contributed by atoms with Gasteiger partial charge >= 0.3 is 0 Å². The molecular weight excluding hydrogens is 322 g/mol. The van der Waals surface area contributed by atoms with Crippen LogP contribution in [0, 0.1) is 6.92 Å². The van der Waals surface area contributed by atoms with E-state index < -0.39 is 10.0 Å². The van der Waals surface area contributed by atoms with Crippen molar-refractivity contribution in [2.75, 3.05) is 15.8 Å². The second kappa shape index (κ2) is 7.66. The maximum atomic E-state index is 11.8. The lowest BCUT2D eigenvalue weighted by molar-refractivity contribution is 0.599. The molecule has 0 aliphatic heterocycles. The third-order valence-corrected chi connectivity index (χ3v) is 5.16. The molecule has 0 saturated carbocycles. The lowest BCUT2D eigenvalue weighted by Gasteiger charge is -2.17. The smallest absolute Gasteiger partial charge is 0.233 e. The third kappa shape index (κ3) is 4.71. The summed E-state index contributed by atoms with van der Waals surface area (Å²) in [5.74, 6) is 0.832. The summed E-state index contributed by atoms with van der Waals surface area (Å²) in [6.45, 7) is 8.21. The minimum Gasteiger partial charge on any atom is -0.354 e. The lowest BCUT2D eigenvalue weighted by atomic mass is 9.98. The Morgan fingerprint density at radius 2 is 1.92 bits per heavy atom. The Balaban J connectivity index is 2.19. The topological polar surface area (TPSA) is 71.1 Å². The van der Waals surface area contributed by atoms with Crippen LogP contribution in [0.4, 0.5) is 17.2 Å². The van der Waals surface area contributed by atoms with Crippen LogP contribution in [0.25, 0.3) is 0 Å². The number of para-hydroxylation sites is 1. The molecule has 130 valence electrons. The van der Waals surface area contributed by atoms with Crippen LogP contribution in [0.2, 0.25) is 0 Å². The number of pyridine rings is 1. The first kappa shape index (κ1) is 18.3. The summed E-state index contributed by atoms with van der Waals surface area (Å²) in [5, 5.41) is 3.40. The zero-order chi connectivity index (χ0) is 17.7. The fourth-order valence-electron chi connectivity index (χ4n) is 2.49. The second-order valence-corrected chi connectivity index (χ2v) is 8.01. The summed E-state index contributed by atoms with van der Waals surface area (Å²) in [4.78, 5) is 4.19. The fraction of sp³-hybridized carbons (Fsp3) is 0.389. The Hall–Kier alpha value is -2.08. The van der Waals surface area contributed by atoms with Gasteiger partial charge in [-0.3, -0.25) is 4.72 Å². The van der Waals surface area contributed by atoms with Crippen molar-refractivity contribution in [2.45, 2.75) is 40.0 Å². The van der Waals surface area contributed by atoms with E-state index in [-0.39, 0.29) is 5.75 Å². The molecule has 0 aliphatic rings. The molecule has 1 heterocycles. The fourth-order valence-corrected chi connectivity index (χ4v) is 3.57. The van der Waals surface area contributed by atoms with E-state index in [1.54, 1.807) is 12.3 Å². The molecule has 1 aromatic carbocycles. The molecule has 0 unspecified atom stereocenters. The van der Waals surface area contributed by atoms with Gasteiger partial charge in [0.1, 0.15) is 5.82 Å². The van der Waals surface area contributed by atoms with Gasteiger partial charge in [0.25, 0.3) is 0 Å². The van der Waals surface area contributed by atoms with Crippen molar-refractivity contribution in [3.63, 3.8) is 0 Å². The number of hydrogen-bond donors (Lipinski definition) is 2. The monoisotopic (exact) mass is 347 g/mol. The van der Waals surface area contributed by atoms with Crippen LogP contribution in [0.15, 0.2) is 36.5 Å². The molecule has 2 aromatic rings. The highest BCUT2D eigenvalue weighted by Crippen LogP contribution is 2.30. The molecule has 0 fully saturated rings. The summed E-state index contributed by atoms with van der Waals surface area (Å²) < 4.78 is 26.0. The van der Waals surface area contributed by atoms with E-state index in [4.69, 9.17) is 0 Å². The highest BCUT2D eigenvalue weighted by molar-refractivity contribution is 7.92. The molecule has 6 heteroatoms. The summed E-state index contributed by atoms with van der Waals surface area (Å²) in [6.07, 6.45) is 2.21. The summed E-state index contributed by atoms with van der Waals surface area (Å²) in [5.41, 5.74) is 4.30. The van der Waals surface area contributed by atoms with E-state index in [2.05, 4.69) is 54.0 Å². The molecule has 1 aromatic heterocycles. The summed E-state index contributed by atoms with van der Waals surface area (Å²) in [6, 6.07) is 9.73. The van der Waals surface area contributed by atoms with Crippen molar-refractivity contribution in [1.29, 1.82) is 0 Å². The number of sulfonamides is 1. The molecule has 5 nitrogen and oxygen atoms in total. The zero-order valence-corrected chi connectivity index (χ0v) is 15.4. The Bertz CT molecular complexity index is 784. The normalized spacial score (nSPS) is 11.5. The predicted molar refractivity (Wildman–Crippen MR) is 100 cm³/mol. The molecule has 2 N–H and O–H groups in total. The molecular formula is C18H25N3O2S. The van der Waals surface area contributed by atoms with Crippen LogP contribution >= 0.6 is 0 Å². The number of anilines is 3. The van der Waals surface area contributed by atoms with E-state index in [1.807, 2.05) is 13.0 Å². The largest absolute Gasteiger partial charge is 0.354 e. The third-order valence-electron chi connectivity index (χ3n) is 3.69. The Kier molecular flexibility index (Phi) is 5.83. The van der Waals surface area contributed by atoms with Crippen LogP contribution in [0.1, 0.15) is 44.2 Å². The van der Waals surface area contributed by atoms with Gasteiger partial charge in [-0.05, 0) is 42.5 Å². The van der Waals surface area contributed by atoms with E-state index in [0.717, 1.165) is 16.9 Å². The Morgan fingerprint density at radius 1 is 1.17 bits per heavy atom. The Morgan fingerprint density at radius 3 is 2.50 bits per heavy atom. The van der Waals surface area contributed by atoms with Crippen molar-refractivity contribution >= 4 is 27.2 Å². The first-order valence-electron chi connectivity index (χ1n) is 8.15. The van der Waals surface area contributed by atoms with Gasteiger partial charge in [-0.1, -0.05) is 39.0 Å². The van der Waals surface area contributed by atoms with Crippen molar-refractivity contribution in [3.8, 4) is 0 Å². The molecule has 0 atom stereocenters. The van der Waals surface area contributed by atoms with Gasteiger partial charge in [0, 0.05) is 5.69 Å². The van der Waals surface area contributed by atoms with Crippen LogP contribution in [0.5, 0.6) is 0 Å². The molecule has 24 heavy (non-hydrogen) atoms. The number of benzene rings is 1. The van der Waals surface area contributed by atoms with Crippen molar-refractivity contribution < 1.29 is 8.42 Å². The van der Waals surface area contributed by atoms with Crippen LogP contribution < -0.4 is 10.0 Å². The van der Waals surface area contributed by atoms with Gasteiger partial charge < -0.3 is 5.32 Å². The Labute approximate surface area is 144 Å². The van der Waals surface area contributed by atoms with E-state index in [0.29, 0.717) is 18.2 Å². The van der Waals surface area contributed by atoms with Gasteiger partial charge in [0.2, 0.25) is 10.0 Å². The highest BCUT2D eigenvalue weighted by Gasteiger charge is 2.11. The van der Waals surface area contributed by atoms with Gasteiger partial charge in [-0.2, -0.15) is 0 Å². The highest BCUT2D eigenvalue weighted by atomic mass is 32.2. The number of rotatable bonds is 7. The molecule has 0 aliphatic carbocycles. The van der Waals surface area contributed by atoms with E-state index in [1.165, 1.54) is 5.56 Å². The molecule has 0 amide bonds. The van der Waals surface area contributed by atoms with Crippen molar-refractivity contribution in [1.82, 2.24) is 4.98 Å². The van der Waals surface area contributed by atoms with Crippen molar-refractivity contribution in [2.24, 2.45) is 0 Å². The number of aryl methyl sites for hydroxylation is 1. The molecule has 2 rings (SSSR count). The lowest BCUT2D eigenvalue weighted by Crippen LogP contribution is -2.16. The summed E-state index contributed by atoms with van der Waals surface area (Å²) >= 11 is 0. The quantitative estimate of drug-likeness (QED) is 0.778. The number of aromatic nitrogens is 1. The SMILES string of the molecule is CCCS(=O)(=O)Nc1ccc(Nc2c(C)cccc2C(C)C)cn1. The molecule has 0 bridgehead atoms. The van der Waals surface area contributed by atoms with Crippen LogP contribution in [-0.2, 0) is 10.0 Å². The average molecular weight is 347 g/mol. The van der Waals surface area contributed by atoms with Crippen LogP contribution in [0.3, 0.4) is 0 Å². The molecule has 0 spiro atoms. The average Bonchev–Trinajstić information content (AvgIpc) is 2.50. The van der Waals surface area contributed by atoms with Gasteiger partial charge in [-0.15, -0.1) is 0 Å². The molecule has 0 radical (unpaired) electrons. The zero-order valence-electron chi connectivity index (χ0n) is 14.6. The first-order chi connectivity index (χ1) is 11.3. The van der Waals surface area contributed by atoms with Gasteiger partial charge in [-0.25, -0.2) is 13.4 Å². The predicted octanol–water partition coefficient (Wildman–Crippen LogP) is 4.41. The maximum absolute atomic E-state index is 11.8.